The summed E-state index contributed by atoms with van der Waals surface area (Å²) in [6.45, 7) is 4.64. The molecule has 0 heteroatoms. The van der Waals surface area contributed by atoms with E-state index in [2.05, 4.69) is 74.5 Å². The third-order valence-corrected chi connectivity index (χ3v) is 4.08. The summed E-state index contributed by atoms with van der Waals surface area (Å²) in [6.07, 6.45) is 3.76. The Balaban J connectivity index is 1.94. The fourth-order valence-corrected chi connectivity index (χ4v) is 2.73. The van der Waals surface area contributed by atoms with E-state index in [9.17, 15) is 0 Å². The van der Waals surface area contributed by atoms with E-state index in [1.54, 1.807) is 0 Å². The van der Waals surface area contributed by atoms with Gasteiger partial charge in [0.1, 0.15) is 0 Å². The predicted octanol–water partition coefficient (Wildman–Crippen LogP) is 5.76. The van der Waals surface area contributed by atoms with Gasteiger partial charge < -0.3 is 0 Å². The van der Waals surface area contributed by atoms with Crippen LogP contribution < -0.4 is 0 Å². The number of rotatable bonds is 6. The molecule has 0 aliphatic heterocycles. The average molecular weight is 252 g/mol. The Morgan fingerprint density at radius 1 is 0.737 bits per heavy atom. The third kappa shape index (κ3) is 3.96. The molecular formula is C19H24. The van der Waals surface area contributed by atoms with Crippen LogP contribution in [0, 0.1) is 0 Å². The molecule has 0 bridgehead atoms. The van der Waals surface area contributed by atoms with Crippen LogP contribution in [0.4, 0.5) is 0 Å². The van der Waals surface area contributed by atoms with Crippen molar-refractivity contribution in [3.8, 4) is 0 Å². The first-order chi connectivity index (χ1) is 9.31. The minimum atomic E-state index is 0.652. The van der Waals surface area contributed by atoms with Crippen LogP contribution in [0.15, 0.2) is 60.7 Å². The number of benzene rings is 2. The second kappa shape index (κ2) is 7.13. The molecule has 0 aromatic heterocycles. The molecule has 1 unspecified atom stereocenters. The third-order valence-electron chi connectivity index (χ3n) is 4.08. The van der Waals surface area contributed by atoms with Gasteiger partial charge in [-0.2, -0.15) is 0 Å². The standard InChI is InChI=1S/C19H24/c1-3-17(19-12-8-5-9-13-19)15-14-16(2)18-10-6-4-7-11-18/h4-13,16-17H,3,14-15H2,1-2H3/t16-,17?/m0/s1. The van der Waals surface area contributed by atoms with Crippen molar-refractivity contribution in [3.63, 3.8) is 0 Å². The molecule has 2 rings (SSSR count). The lowest BCUT2D eigenvalue weighted by Gasteiger charge is -2.18. The molecule has 0 radical (unpaired) electrons. The van der Waals surface area contributed by atoms with Gasteiger partial charge in [0, 0.05) is 0 Å². The summed E-state index contributed by atoms with van der Waals surface area (Å²) in [7, 11) is 0. The van der Waals surface area contributed by atoms with Crippen molar-refractivity contribution in [1.29, 1.82) is 0 Å². The molecule has 2 aromatic carbocycles. The Labute approximate surface area is 117 Å². The molecule has 19 heavy (non-hydrogen) atoms. The van der Waals surface area contributed by atoms with Crippen LogP contribution in [-0.2, 0) is 0 Å². The maximum absolute atomic E-state index is 2.34. The maximum Gasteiger partial charge on any atom is -0.0164 e. The molecule has 0 spiro atoms. The largest absolute Gasteiger partial charge is 0.0648 e. The van der Waals surface area contributed by atoms with Gasteiger partial charge in [0.05, 0.1) is 0 Å². The minimum absolute atomic E-state index is 0.652. The van der Waals surface area contributed by atoms with Gasteiger partial charge in [-0.25, -0.2) is 0 Å². The van der Waals surface area contributed by atoms with Crippen molar-refractivity contribution >= 4 is 0 Å². The summed E-state index contributed by atoms with van der Waals surface area (Å²) in [5.41, 5.74) is 2.95. The fourth-order valence-electron chi connectivity index (χ4n) is 2.73. The first-order valence-corrected chi connectivity index (χ1v) is 7.41. The van der Waals surface area contributed by atoms with Crippen LogP contribution >= 0.6 is 0 Å². The fraction of sp³-hybridized carbons (Fsp3) is 0.368. The summed E-state index contributed by atoms with van der Waals surface area (Å²) in [4.78, 5) is 0. The van der Waals surface area contributed by atoms with Gasteiger partial charge in [-0.15, -0.1) is 0 Å². The molecule has 2 atom stereocenters. The summed E-state index contributed by atoms with van der Waals surface area (Å²) in [5.74, 6) is 1.35. The molecule has 2 aromatic rings. The maximum atomic E-state index is 2.34. The van der Waals surface area contributed by atoms with Crippen LogP contribution in [0.2, 0.25) is 0 Å². The predicted molar refractivity (Wildman–Crippen MR) is 83.6 cm³/mol. The van der Waals surface area contributed by atoms with E-state index in [0.29, 0.717) is 11.8 Å². The molecule has 0 nitrogen and oxygen atoms in total. The zero-order valence-electron chi connectivity index (χ0n) is 12.0. The molecule has 0 amide bonds. The lowest BCUT2D eigenvalue weighted by molar-refractivity contribution is 0.535. The minimum Gasteiger partial charge on any atom is -0.0648 e. The molecular weight excluding hydrogens is 228 g/mol. The highest BCUT2D eigenvalue weighted by molar-refractivity contribution is 5.21. The normalized spacial score (nSPS) is 14.0. The Morgan fingerprint density at radius 3 is 1.79 bits per heavy atom. The lowest BCUT2D eigenvalue weighted by Crippen LogP contribution is -2.01. The first kappa shape index (κ1) is 13.9. The first-order valence-electron chi connectivity index (χ1n) is 7.41. The lowest BCUT2D eigenvalue weighted by atomic mass is 9.87. The van der Waals surface area contributed by atoms with Crippen LogP contribution in [-0.4, -0.2) is 0 Å². The van der Waals surface area contributed by atoms with Crippen molar-refractivity contribution in [1.82, 2.24) is 0 Å². The van der Waals surface area contributed by atoms with Gasteiger partial charge in [0.2, 0.25) is 0 Å². The van der Waals surface area contributed by atoms with Crippen molar-refractivity contribution in [3.05, 3.63) is 71.8 Å². The van der Waals surface area contributed by atoms with Gasteiger partial charge >= 0.3 is 0 Å². The zero-order valence-corrected chi connectivity index (χ0v) is 12.0. The van der Waals surface area contributed by atoms with Gasteiger partial charge in [-0.05, 0) is 42.2 Å². The van der Waals surface area contributed by atoms with Crippen molar-refractivity contribution in [2.75, 3.05) is 0 Å². The number of hydrogen-bond donors (Lipinski definition) is 0. The van der Waals surface area contributed by atoms with E-state index in [-0.39, 0.29) is 0 Å². The second-order valence-electron chi connectivity index (χ2n) is 5.40. The van der Waals surface area contributed by atoms with Crippen LogP contribution in [0.1, 0.15) is 56.1 Å². The highest BCUT2D eigenvalue weighted by atomic mass is 14.2. The van der Waals surface area contributed by atoms with E-state index < -0.39 is 0 Å². The Morgan fingerprint density at radius 2 is 1.26 bits per heavy atom. The van der Waals surface area contributed by atoms with Crippen LogP contribution in [0.5, 0.6) is 0 Å². The molecule has 0 aliphatic carbocycles. The second-order valence-corrected chi connectivity index (χ2v) is 5.40. The van der Waals surface area contributed by atoms with Gasteiger partial charge in [0.15, 0.2) is 0 Å². The molecule has 100 valence electrons. The molecule has 0 N–H and O–H groups in total. The van der Waals surface area contributed by atoms with Gasteiger partial charge in [-0.1, -0.05) is 74.5 Å². The molecule has 0 saturated heterocycles. The molecule has 0 saturated carbocycles. The summed E-state index contributed by atoms with van der Waals surface area (Å²) >= 11 is 0. The summed E-state index contributed by atoms with van der Waals surface area (Å²) < 4.78 is 0. The molecule has 0 heterocycles. The van der Waals surface area contributed by atoms with Crippen molar-refractivity contribution < 1.29 is 0 Å². The van der Waals surface area contributed by atoms with E-state index in [1.165, 1.54) is 30.4 Å². The van der Waals surface area contributed by atoms with Gasteiger partial charge in [0.25, 0.3) is 0 Å². The highest BCUT2D eigenvalue weighted by Gasteiger charge is 2.12. The monoisotopic (exact) mass is 252 g/mol. The average Bonchev–Trinajstić information content (AvgIpc) is 2.49. The van der Waals surface area contributed by atoms with Crippen LogP contribution in [0.25, 0.3) is 0 Å². The smallest absolute Gasteiger partial charge is 0.0164 e. The van der Waals surface area contributed by atoms with E-state index in [1.807, 2.05) is 0 Å². The van der Waals surface area contributed by atoms with E-state index >= 15 is 0 Å². The summed E-state index contributed by atoms with van der Waals surface area (Å²) in [6, 6.07) is 21.8. The number of hydrogen-bond acceptors (Lipinski definition) is 0. The van der Waals surface area contributed by atoms with E-state index in [4.69, 9.17) is 0 Å². The quantitative estimate of drug-likeness (QED) is 0.612. The summed E-state index contributed by atoms with van der Waals surface area (Å²) in [5, 5.41) is 0. The topological polar surface area (TPSA) is 0 Å². The van der Waals surface area contributed by atoms with Crippen molar-refractivity contribution in [2.24, 2.45) is 0 Å². The van der Waals surface area contributed by atoms with Crippen LogP contribution in [0.3, 0.4) is 0 Å². The molecule has 0 fully saturated rings. The highest BCUT2D eigenvalue weighted by Crippen LogP contribution is 2.29. The Hall–Kier alpha value is -1.56. The molecule has 0 aliphatic rings. The Bertz CT molecular complexity index is 458. The van der Waals surface area contributed by atoms with Gasteiger partial charge in [-0.3, -0.25) is 0 Å². The van der Waals surface area contributed by atoms with Crippen molar-refractivity contribution in [2.45, 2.75) is 44.9 Å². The zero-order chi connectivity index (χ0) is 13.5. The van der Waals surface area contributed by atoms with E-state index in [0.717, 1.165) is 0 Å². The Kier molecular flexibility index (Phi) is 5.20. The SMILES string of the molecule is CCC(CC[C@H](C)c1ccccc1)c1ccccc1.